The number of sulfonamides is 1. The van der Waals surface area contributed by atoms with Gasteiger partial charge >= 0.3 is 5.97 Å². The van der Waals surface area contributed by atoms with Crippen LogP contribution in [-0.4, -0.2) is 54.9 Å². The lowest BCUT2D eigenvalue weighted by Gasteiger charge is -2.15. The number of carbonyl (C=O) groups is 3. The molecule has 8 nitrogen and oxygen atoms in total. The number of ether oxygens (including phenoxy) is 1. The number of hydrogen-bond acceptors (Lipinski definition) is 6. The molecule has 0 radical (unpaired) electrons. The van der Waals surface area contributed by atoms with Gasteiger partial charge in [-0.3, -0.25) is 9.59 Å². The SMILES string of the molecule is CC(=O)c1c(C)[nH]c(C(=O)COC(=O)c2cccc(S(=O)(=O)N3CCCC3)c2)c1C. The Hall–Kier alpha value is -2.78. The zero-order chi connectivity index (χ0) is 22.1. The van der Waals surface area contributed by atoms with Gasteiger partial charge in [-0.1, -0.05) is 6.07 Å². The van der Waals surface area contributed by atoms with Crippen molar-refractivity contribution in [3.8, 4) is 0 Å². The summed E-state index contributed by atoms with van der Waals surface area (Å²) in [5.74, 6) is -1.43. The lowest BCUT2D eigenvalue weighted by molar-refractivity contribution is 0.0473. The predicted molar refractivity (Wildman–Crippen MR) is 109 cm³/mol. The molecule has 0 unspecified atom stereocenters. The van der Waals surface area contributed by atoms with E-state index < -0.39 is 28.4 Å². The molecule has 9 heteroatoms. The van der Waals surface area contributed by atoms with E-state index in [1.165, 1.54) is 35.5 Å². The van der Waals surface area contributed by atoms with Crippen LogP contribution in [0.15, 0.2) is 29.2 Å². The third kappa shape index (κ3) is 4.22. The van der Waals surface area contributed by atoms with Crippen LogP contribution in [0.3, 0.4) is 0 Å². The number of Topliss-reactive ketones (excluding diaryl/α,β-unsaturated/α-hetero) is 2. The molecule has 1 aromatic heterocycles. The Balaban J connectivity index is 1.72. The molecule has 0 aliphatic carbocycles. The normalized spacial score (nSPS) is 14.6. The highest BCUT2D eigenvalue weighted by Gasteiger charge is 2.28. The van der Waals surface area contributed by atoms with E-state index in [0.717, 1.165) is 12.8 Å². The highest BCUT2D eigenvalue weighted by atomic mass is 32.2. The first-order valence-electron chi connectivity index (χ1n) is 9.63. The number of aromatic nitrogens is 1. The summed E-state index contributed by atoms with van der Waals surface area (Å²) in [4.78, 5) is 39.5. The number of carbonyl (C=O) groups excluding carboxylic acids is 3. The first kappa shape index (κ1) is 21.9. The average molecular weight is 432 g/mol. The van der Waals surface area contributed by atoms with E-state index in [0.29, 0.717) is 29.9 Å². The van der Waals surface area contributed by atoms with Crippen LogP contribution in [-0.2, 0) is 14.8 Å². The molecule has 1 fully saturated rings. The molecule has 1 saturated heterocycles. The van der Waals surface area contributed by atoms with Crippen LogP contribution in [0.25, 0.3) is 0 Å². The number of H-pyrrole nitrogens is 1. The van der Waals surface area contributed by atoms with E-state index in [2.05, 4.69) is 4.98 Å². The van der Waals surface area contributed by atoms with Crippen molar-refractivity contribution in [1.82, 2.24) is 9.29 Å². The summed E-state index contributed by atoms with van der Waals surface area (Å²) in [7, 11) is -3.66. The highest BCUT2D eigenvalue weighted by Crippen LogP contribution is 2.22. The van der Waals surface area contributed by atoms with E-state index in [4.69, 9.17) is 4.74 Å². The van der Waals surface area contributed by atoms with Crippen molar-refractivity contribution in [3.05, 3.63) is 52.3 Å². The summed E-state index contributed by atoms with van der Waals surface area (Å²) in [6.07, 6.45) is 1.62. The van der Waals surface area contributed by atoms with Crippen molar-refractivity contribution in [2.45, 2.75) is 38.5 Å². The first-order valence-corrected chi connectivity index (χ1v) is 11.1. The maximum Gasteiger partial charge on any atom is 0.338 e. The number of nitrogens with zero attached hydrogens (tertiary/aromatic N) is 1. The van der Waals surface area contributed by atoms with E-state index in [-0.39, 0.29) is 21.9 Å². The summed E-state index contributed by atoms with van der Waals surface area (Å²) in [5.41, 5.74) is 1.81. The van der Waals surface area contributed by atoms with Crippen molar-refractivity contribution in [2.75, 3.05) is 19.7 Å². The minimum Gasteiger partial charge on any atom is -0.454 e. The quantitative estimate of drug-likeness (QED) is 0.531. The number of rotatable bonds is 7. The summed E-state index contributed by atoms with van der Waals surface area (Å²) < 4.78 is 31.8. The van der Waals surface area contributed by atoms with Gasteiger partial charge in [-0.15, -0.1) is 0 Å². The molecule has 0 bridgehead atoms. The minimum absolute atomic E-state index is 0.0205. The van der Waals surface area contributed by atoms with E-state index >= 15 is 0 Å². The Morgan fingerprint density at radius 3 is 2.40 bits per heavy atom. The molecule has 1 aliphatic heterocycles. The van der Waals surface area contributed by atoms with Gasteiger partial charge in [0.05, 0.1) is 16.2 Å². The summed E-state index contributed by atoms with van der Waals surface area (Å²) >= 11 is 0. The number of esters is 1. The molecular formula is C21H24N2O6S. The third-order valence-corrected chi connectivity index (χ3v) is 7.07. The fraction of sp³-hybridized carbons (Fsp3) is 0.381. The van der Waals surface area contributed by atoms with Crippen LogP contribution in [0.1, 0.15) is 62.2 Å². The Morgan fingerprint density at radius 1 is 1.13 bits per heavy atom. The fourth-order valence-electron chi connectivity index (χ4n) is 3.70. The van der Waals surface area contributed by atoms with Crippen LogP contribution >= 0.6 is 0 Å². The Labute approximate surface area is 175 Å². The maximum absolute atomic E-state index is 12.7. The van der Waals surface area contributed by atoms with Gasteiger partial charge in [0.2, 0.25) is 15.8 Å². The number of benzene rings is 1. The maximum atomic E-state index is 12.7. The van der Waals surface area contributed by atoms with Crippen LogP contribution in [0.2, 0.25) is 0 Å². The topological polar surface area (TPSA) is 114 Å². The molecule has 1 N–H and O–H groups in total. The zero-order valence-electron chi connectivity index (χ0n) is 17.1. The molecule has 0 saturated carbocycles. The first-order chi connectivity index (χ1) is 14.1. The largest absolute Gasteiger partial charge is 0.454 e. The predicted octanol–water partition coefficient (Wildman–Crippen LogP) is 2.66. The Kier molecular flexibility index (Phi) is 6.23. The number of hydrogen-bond donors (Lipinski definition) is 1. The molecule has 3 rings (SSSR count). The monoisotopic (exact) mass is 432 g/mol. The second kappa shape index (κ2) is 8.53. The van der Waals surface area contributed by atoms with Gasteiger partial charge in [0.25, 0.3) is 0 Å². The summed E-state index contributed by atoms with van der Waals surface area (Å²) in [6, 6.07) is 5.61. The smallest absolute Gasteiger partial charge is 0.338 e. The van der Waals surface area contributed by atoms with Crippen molar-refractivity contribution in [1.29, 1.82) is 0 Å². The van der Waals surface area contributed by atoms with Gasteiger partial charge < -0.3 is 9.72 Å². The number of nitrogens with one attached hydrogen (secondary N) is 1. The van der Waals surface area contributed by atoms with Crippen molar-refractivity contribution >= 4 is 27.6 Å². The highest BCUT2D eigenvalue weighted by molar-refractivity contribution is 7.89. The average Bonchev–Trinajstić information content (AvgIpc) is 3.34. The van der Waals surface area contributed by atoms with Crippen LogP contribution < -0.4 is 0 Å². The molecule has 1 aromatic carbocycles. The van der Waals surface area contributed by atoms with Crippen LogP contribution in [0, 0.1) is 13.8 Å². The molecule has 0 amide bonds. The van der Waals surface area contributed by atoms with Crippen LogP contribution in [0.5, 0.6) is 0 Å². The zero-order valence-corrected chi connectivity index (χ0v) is 18.0. The number of ketones is 2. The molecule has 2 heterocycles. The van der Waals surface area contributed by atoms with E-state index in [9.17, 15) is 22.8 Å². The van der Waals surface area contributed by atoms with Gasteiger partial charge in [0.15, 0.2) is 12.4 Å². The molecule has 0 atom stereocenters. The standard InChI is InChI=1S/C21H24N2O6S/c1-13-19(15(3)24)14(2)22-20(13)18(25)12-29-21(26)16-7-6-8-17(11-16)30(27,28)23-9-4-5-10-23/h6-8,11,22H,4-5,9-10,12H2,1-3H3. The van der Waals surface area contributed by atoms with Gasteiger partial charge in [-0.05, 0) is 57.4 Å². The second-order valence-corrected chi connectivity index (χ2v) is 9.26. The molecule has 1 aliphatic rings. The minimum atomic E-state index is -3.66. The molecule has 2 aromatic rings. The fourth-order valence-corrected chi connectivity index (χ4v) is 5.27. The molecular weight excluding hydrogens is 408 g/mol. The number of aromatic amines is 1. The lowest BCUT2D eigenvalue weighted by atomic mass is 10.1. The Morgan fingerprint density at radius 2 is 1.80 bits per heavy atom. The van der Waals surface area contributed by atoms with E-state index in [1.807, 2.05) is 0 Å². The van der Waals surface area contributed by atoms with Crippen molar-refractivity contribution in [3.63, 3.8) is 0 Å². The lowest BCUT2D eigenvalue weighted by Crippen LogP contribution is -2.28. The van der Waals surface area contributed by atoms with Gasteiger partial charge in [-0.2, -0.15) is 4.31 Å². The molecule has 0 spiro atoms. The summed E-state index contributed by atoms with van der Waals surface area (Å²) in [5, 5.41) is 0. The van der Waals surface area contributed by atoms with Crippen LogP contribution in [0.4, 0.5) is 0 Å². The van der Waals surface area contributed by atoms with Gasteiger partial charge in [0.1, 0.15) is 0 Å². The number of aryl methyl sites for hydroxylation is 1. The van der Waals surface area contributed by atoms with Crippen molar-refractivity contribution in [2.24, 2.45) is 0 Å². The Bertz CT molecular complexity index is 1110. The summed E-state index contributed by atoms with van der Waals surface area (Å²) in [6.45, 7) is 5.16. The van der Waals surface area contributed by atoms with Crippen molar-refractivity contribution < 1.29 is 27.5 Å². The molecule has 160 valence electrons. The van der Waals surface area contributed by atoms with E-state index in [1.54, 1.807) is 13.8 Å². The molecule has 30 heavy (non-hydrogen) atoms. The third-order valence-electron chi connectivity index (χ3n) is 5.18. The van der Waals surface area contributed by atoms with Gasteiger partial charge in [-0.25, -0.2) is 13.2 Å². The second-order valence-electron chi connectivity index (χ2n) is 7.32. The van der Waals surface area contributed by atoms with Gasteiger partial charge in [0, 0.05) is 24.3 Å².